The number of hydrogen-bond acceptors (Lipinski definition) is 5. The molecule has 2 aromatic carbocycles. The minimum Gasteiger partial charge on any atom is -0.457 e. The highest BCUT2D eigenvalue weighted by atomic mass is 16.3. The average molecular weight is 457 g/mol. The summed E-state index contributed by atoms with van der Waals surface area (Å²) in [6.45, 7) is 2.85. The molecule has 2 amide bonds. The number of piperidine rings is 1. The van der Waals surface area contributed by atoms with Crippen LogP contribution < -0.4 is 16.4 Å². The number of benzene rings is 2. The van der Waals surface area contributed by atoms with Gasteiger partial charge in [-0.15, -0.1) is 0 Å². The van der Waals surface area contributed by atoms with Crippen LogP contribution in [0.15, 0.2) is 59.0 Å². The fourth-order valence-electron chi connectivity index (χ4n) is 4.50. The van der Waals surface area contributed by atoms with Crippen LogP contribution in [0.5, 0.6) is 0 Å². The van der Waals surface area contributed by atoms with E-state index < -0.39 is 0 Å². The molecule has 0 atom stereocenters. The van der Waals surface area contributed by atoms with Gasteiger partial charge in [-0.3, -0.25) is 9.59 Å². The molecule has 0 bridgehead atoms. The number of rotatable bonds is 5. The van der Waals surface area contributed by atoms with E-state index in [1.807, 2.05) is 42.5 Å². The molecule has 0 saturated carbocycles. The van der Waals surface area contributed by atoms with E-state index in [0.29, 0.717) is 46.5 Å². The summed E-state index contributed by atoms with van der Waals surface area (Å²) in [5.74, 6) is 1.45. The summed E-state index contributed by atoms with van der Waals surface area (Å²) in [5.41, 5.74) is 9.83. The van der Waals surface area contributed by atoms with Gasteiger partial charge in [-0.2, -0.15) is 0 Å². The van der Waals surface area contributed by atoms with Crippen molar-refractivity contribution >= 4 is 34.8 Å². The molecule has 34 heavy (non-hydrogen) atoms. The molecule has 0 radical (unpaired) electrons. The fraction of sp³-hybridized carbons (Fsp3) is 0.259. The molecule has 7 heteroatoms. The van der Waals surface area contributed by atoms with Crippen molar-refractivity contribution < 1.29 is 14.0 Å². The Balaban J connectivity index is 1.29. The van der Waals surface area contributed by atoms with Crippen LogP contribution in [0.25, 0.3) is 23.0 Å². The summed E-state index contributed by atoms with van der Waals surface area (Å²) in [7, 11) is 2.13. The van der Waals surface area contributed by atoms with Crippen molar-refractivity contribution in [1.29, 1.82) is 0 Å². The SMILES string of the molecule is CN1CCC(CNC(=O)c2cccc(-c3ccc(C=C4C(=O)Nc5cc(N)ccc54)o3)c2)CC1. The van der Waals surface area contributed by atoms with Gasteiger partial charge < -0.3 is 25.7 Å². The number of likely N-dealkylation sites (tertiary alicyclic amines) is 1. The van der Waals surface area contributed by atoms with Crippen molar-refractivity contribution in [2.24, 2.45) is 5.92 Å². The average Bonchev–Trinajstić information content (AvgIpc) is 3.43. The minimum atomic E-state index is -0.193. The number of nitrogen functional groups attached to an aromatic ring is 1. The van der Waals surface area contributed by atoms with Crippen LogP contribution in [0.2, 0.25) is 0 Å². The molecule has 1 fully saturated rings. The predicted molar refractivity (Wildman–Crippen MR) is 134 cm³/mol. The Kier molecular flexibility index (Phi) is 5.94. The number of amides is 2. The second kappa shape index (κ2) is 9.19. The largest absolute Gasteiger partial charge is 0.457 e. The lowest BCUT2D eigenvalue weighted by molar-refractivity contribution is -0.110. The topological polar surface area (TPSA) is 101 Å². The molecule has 5 rings (SSSR count). The van der Waals surface area contributed by atoms with Crippen LogP contribution in [0.4, 0.5) is 11.4 Å². The lowest BCUT2D eigenvalue weighted by Gasteiger charge is -2.28. The number of nitrogens with one attached hydrogen (secondary N) is 2. The van der Waals surface area contributed by atoms with E-state index >= 15 is 0 Å². The molecule has 0 aliphatic carbocycles. The summed E-state index contributed by atoms with van der Waals surface area (Å²) < 4.78 is 6.00. The fourth-order valence-corrected chi connectivity index (χ4v) is 4.50. The summed E-state index contributed by atoms with van der Waals surface area (Å²) in [5, 5.41) is 5.91. The number of hydrogen-bond donors (Lipinski definition) is 3. The number of carbonyl (C=O) groups is 2. The monoisotopic (exact) mass is 456 g/mol. The van der Waals surface area contributed by atoms with Crippen molar-refractivity contribution in [3.63, 3.8) is 0 Å². The second-order valence-corrected chi connectivity index (χ2v) is 9.06. The molecule has 0 unspecified atom stereocenters. The van der Waals surface area contributed by atoms with Gasteiger partial charge in [0.15, 0.2) is 0 Å². The second-order valence-electron chi connectivity index (χ2n) is 9.06. The first-order valence-electron chi connectivity index (χ1n) is 11.6. The van der Waals surface area contributed by atoms with E-state index in [4.69, 9.17) is 10.2 Å². The van der Waals surface area contributed by atoms with Crippen LogP contribution in [0.1, 0.15) is 34.5 Å². The van der Waals surface area contributed by atoms with Gasteiger partial charge in [0, 0.05) is 28.9 Å². The Morgan fingerprint density at radius 3 is 2.82 bits per heavy atom. The van der Waals surface area contributed by atoms with Crippen molar-refractivity contribution in [3.05, 3.63) is 71.5 Å². The zero-order valence-electron chi connectivity index (χ0n) is 19.1. The van der Waals surface area contributed by atoms with Crippen LogP contribution >= 0.6 is 0 Å². The van der Waals surface area contributed by atoms with Gasteiger partial charge in [0.1, 0.15) is 11.5 Å². The molecular weight excluding hydrogens is 428 g/mol. The molecule has 1 aromatic heterocycles. The first-order valence-corrected chi connectivity index (χ1v) is 11.6. The molecule has 0 spiro atoms. The summed E-state index contributed by atoms with van der Waals surface area (Å²) in [4.78, 5) is 27.5. The van der Waals surface area contributed by atoms with Crippen LogP contribution in [0.3, 0.4) is 0 Å². The summed E-state index contributed by atoms with van der Waals surface area (Å²) >= 11 is 0. The Morgan fingerprint density at radius 2 is 2.00 bits per heavy atom. The first kappa shape index (κ1) is 22.0. The van der Waals surface area contributed by atoms with E-state index in [9.17, 15) is 9.59 Å². The zero-order valence-corrected chi connectivity index (χ0v) is 19.1. The summed E-state index contributed by atoms with van der Waals surface area (Å²) in [6.07, 6.45) is 3.94. The van der Waals surface area contributed by atoms with Gasteiger partial charge in [-0.25, -0.2) is 0 Å². The highest BCUT2D eigenvalue weighted by molar-refractivity contribution is 6.34. The van der Waals surface area contributed by atoms with Gasteiger partial charge in [0.05, 0.1) is 11.3 Å². The van der Waals surface area contributed by atoms with Gasteiger partial charge in [-0.1, -0.05) is 18.2 Å². The van der Waals surface area contributed by atoms with Crippen molar-refractivity contribution in [2.75, 3.05) is 37.7 Å². The van der Waals surface area contributed by atoms with Crippen LogP contribution in [0, 0.1) is 5.92 Å². The number of fused-ring (bicyclic) bond motifs is 1. The van der Waals surface area contributed by atoms with E-state index in [-0.39, 0.29) is 11.8 Å². The third kappa shape index (κ3) is 4.61. The van der Waals surface area contributed by atoms with Crippen molar-refractivity contribution in [1.82, 2.24) is 10.2 Å². The van der Waals surface area contributed by atoms with E-state index in [2.05, 4.69) is 22.6 Å². The molecule has 2 aliphatic rings. The molecule has 2 aliphatic heterocycles. The van der Waals surface area contributed by atoms with E-state index in [1.54, 1.807) is 18.2 Å². The van der Waals surface area contributed by atoms with Crippen molar-refractivity contribution in [2.45, 2.75) is 12.8 Å². The predicted octanol–water partition coefficient (Wildman–Crippen LogP) is 4.09. The number of nitrogens with two attached hydrogens (primary N) is 1. The maximum atomic E-state index is 12.7. The molecule has 174 valence electrons. The standard InChI is InChI=1S/C27H28N4O3/c1-31-11-9-17(10-12-31)16-29-26(32)19-4-2-3-18(13-19)25-8-6-21(34-25)15-23-22-7-5-20(28)14-24(22)30-27(23)33/h2-8,13-15,17H,9-12,16,28H2,1H3,(H,29,32)(H,30,33). The molecule has 7 nitrogen and oxygen atoms in total. The Hall–Kier alpha value is -3.84. The molecule has 1 saturated heterocycles. The number of carbonyl (C=O) groups excluding carboxylic acids is 2. The van der Waals surface area contributed by atoms with Crippen molar-refractivity contribution in [3.8, 4) is 11.3 Å². The maximum Gasteiger partial charge on any atom is 0.256 e. The third-order valence-corrected chi connectivity index (χ3v) is 6.54. The van der Waals surface area contributed by atoms with Gasteiger partial charge in [0.25, 0.3) is 11.8 Å². The minimum absolute atomic E-state index is 0.0758. The maximum absolute atomic E-state index is 12.7. The van der Waals surface area contributed by atoms with E-state index in [0.717, 1.165) is 37.1 Å². The Bertz CT molecular complexity index is 1270. The van der Waals surface area contributed by atoms with Crippen LogP contribution in [-0.2, 0) is 4.79 Å². The van der Waals surface area contributed by atoms with Gasteiger partial charge in [0.2, 0.25) is 0 Å². The molecule has 3 aromatic rings. The Morgan fingerprint density at radius 1 is 1.18 bits per heavy atom. The quantitative estimate of drug-likeness (QED) is 0.397. The number of nitrogens with zero attached hydrogens (tertiary/aromatic N) is 1. The number of anilines is 2. The molecule has 3 heterocycles. The zero-order chi connectivity index (χ0) is 23.7. The smallest absolute Gasteiger partial charge is 0.256 e. The first-order chi connectivity index (χ1) is 16.5. The highest BCUT2D eigenvalue weighted by Gasteiger charge is 2.24. The lowest BCUT2D eigenvalue weighted by atomic mass is 9.97. The van der Waals surface area contributed by atoms with Gasteiger partial charge in [-0.05, 0) is 81.4 Å². The molecular formula is C27H28N4O3. The Labute approximate surface area is 198 Å². The number of furan rings is 1. The molecule has 4 N–H and O–H groups in total. The van der Waals surface area contributed by atoms with E-state index in [1.165, 1.54) is 0 Å². The highest BCUT2D eigenvalue weighted by Crippen LogP contribution is 2.35. The normalized spacial score (nSPS) is 17.6. The summed E-state index contributed by atoms with van der Waals surface area (Å²) in [6, 6.07) is 16.4. The van der Waals surface area contributed by atoms with Crippen LogP contribution in [-0.4, -0.2) is 43.4 Å². The van der Waals surface area contributed by atoms with Gasteiger partial charge >= 0.3 is 0 Å². The lowest BCUT2D eigenvalue weighted by Crippen LogP contribution is -2.36. The third-order valence-electron chi connectivity index (χ3n) is 6.54.